The minimum Gasteiger partial charge on any atom is -0.155 e. The third kappa shape index (κ3) is 4.19. The van der Waals surface area contributed by atoms with Crippen LogP contribution in [-0.4, -0.2) is 46.1 Å². The SMILES string of the molecule is CSC(SC)[Si]([Si](C)(C)C(C)(C)C)([Si](C)(C)C(C)(C)C)[Si](C)(C)C(C)(C)C. The molecular weight excluding hydrogens is 429 g/mol. The van der Waals surface area contributed by atoms with E-state index in [0.29, 0.717) is 15.1 Å². The molecule has 0 rings (SSSR count). The summed E-state index contributed by atoms with van der Waals surface area (Å²) in [4.78, 5) is 0. The van der Waals surface area contributed by atoms with E-state index < -0.39 is 29.4 Å². The molecule has 0 radical (unpaired) electrons. The van der Waals surface area contributed by atoms with Crippen LogP contribution in [0, 0.1) is 0 Å². The predicted octanol–water partition coefficient (Wildman–Crippen LogP) is 8.79. The molecule has 0 saturated heterocycles. The lowest BCUT2D eigenvalue weighted by atomic mass is 10.2. The van der Waals surface area contributed by atoms with Crippen molar-refractivity contribution in [3.8, 4) is 0 Å². The highest BCUT2D eigenvalue weighted by atomic mass is 32.2. The van der Waals surface area contributed by atoms with Gasteiger partial charge in [0.1, 0.15) is 0 Å². The van der Waals surface area contributed by atoms with E-state index in [2.05, 4.69) is 138 Å². The Bertz CT molecular complexity index is 437. The van der Waals surface area contributed by atoms with Gasteiger partial charge in [0.15, 0.2) is 0 Å². The largest absolute Gasteiger partial charge is 0.155 e. The minimum atomic E-state index is -1.67. The van der Waals surface area contributed by atoms with Gasteiger partial charge in [-0.25, -0.2) is 0 Å². The fourth-order valence-corrected chi connectivity index (χ4v) is 134. The fraction of sp³-hybridized carbons (Fsp3) is 1.00. The molecule has 0 bridgehead atoms. The second-order valence-corrected chi connectivity index (χ2v) is 55.5. The van der Waals surface area contributed by atoms with E-state index in [1.165, 1.54) is 0 Å². The van der Waals surface area contributed by atoms with Gasteiger partial charge in [-0.3, -0.25) is 0 Å². The first-order valence-electron chi connectivity index (χ1n) is 10.6. The molecule has 0 aromatic heterocycles. The van der Waals surface area contributed by atoms with E-state index in [1.54, 1.807) is 0 Å². The van der Waals surface area contributed by atoms with Crippen LogP contribution in [-0.2, 0) is 0 Å². The molecule has 27 heavy (non-hydrogen) atoms. The average molecular weight is 481 g/mol. The van der Waals surface area contributed by atoms with Crippen molar-refractivity contribution >= 4 is 52.9 Å². The summed E-state index contributed by atoms with van der Waals surface area (Å²) in [5, 5.41) is 1.36. The Morgan fingerprint density at radius 3 is 0.778 bits per heavy atom. The molecule has 0 heterocycles. The molecule has 0 atom stereocenters. The van der Waals surface area contributed by atoms with Gasteiger partial charge in [0.2, 0.25) is 0 Å². The number of hydrogen-bond acceptors (Lipinski definition) is 2. The Labute approximate surface area is 185 Å². The first kappa shape index (κ1) is 28.6. The molecule has 0 fully saturated rings. The molecule has 0 aliphatic heterocycles. The molecular formula is C21H52S2Si4. The van der Waals surface area contributed by atoms with Gasteiger partial charge in [0, 0.05) is 27.0 Å². The Morgan fingerprint density at radius 2 is 0.667 bits per heavy atom. The highest BCUT2D eigenvalue weighted by Gasteiger charge is 2.75. The van der Waals surface area contributed by atoms with Gasteiger partial charge < -0.3 is 0 Å². The number of rotatable bonds is 6. The fourth-order valence-electron chi connectivity index (χ4n) is 5.45. The monoisotopic (exact) mass is 480 g/mol. The second kappa shape index (κ2) is 8.25. The smallest absolute Gasteiger partial charge is 0.0662 e. The summed E-state index contributed by atoms with van der Waals surface area (Å²) in [6, 6.07) is 0. The van der Waals surface area contributed by atoms with Crippen LogP contribution >= 0.6 is 23.5 Å². The maximum atomic E-state index is 2.83. The van der Waals surface area contributed by atoms with Gasteiger partial charge in [-0.2, -0.15) is 23.5 Å². The number of hydrogen-bond donors (Lipinski definition) is 0. The van der Waals surface area contributed by atoms with Crippen LogP contribution in [0.3, 0.4) is 0 Å². The molecule has 164 valence electrons. The van der Waals surface area contributed by atoms with Crippen molar-refractivity contribution in [3.05, 3.63) is 0 Å². The lowest BCUT2D eigenvalue weighted by Gasteiger charge is -2.71. The normalized spacial score (nSPS) is 16.2. The van der Waals surface area contributed by atoms with Crippen LogP contribution in [0.4, 0.5) is 0 Å². The average Bonchev–Trinajstić information content (AvgIpc) is 2.39. The maximum absolute atomic E-state index is 2.83. The van der Waals surface area contributed by atoms with E-state index >= 15 is 0 Å². The van der Waals surface area contributed by atoms with Crippen molar-refractivity contribution in [3.63, 3.8) is 0 Å². The first-order chi connectivity index (χ1) is 11.5. The summed E-state index contributed by atoms with van der Waals surface area (Å²) in [7, 11) is -4.68. The Hall–Kier alpha value is 1.57. The quantitative estimate of drug-likeness (QED) is 0.275. The van der Waals surface area contributed by atoms with Crippen LogP contribution in [0.2, 0.25) is 54.4 Å². The van der Waals surface area contributed by atoms with Crippen LogP contribution in [0.25, 0.3) is 0 Å². The van der Waals surface area contributed by atoms with Gasteiger partial charge in [0.05, 0.1) is 6.63 Å². The number of thioether (sulfide) groups is 2. The molecule has 0 aromatic carbocycles. The zero-order valence-corrected chi connectivity index (χ0v) is 27.5. The maximum Gasteiger partial charge on any atom is 0.0662 e. The molecule has 0 nitrogen and oxygen atoms in total. The van der Waals surface area contributed by atoms with Crippen LogP contribution in [0.5, 0.6) is 0 Å². The summed E-state index contributed by atoms with van der Waals surface area (Å²) in [5.74, 6) is 0. The molecule has 0 aromatic rings. The van der Waals surface area contributed by atoms with Crippen molar-refractivity contribution in [2.45, 2.75) is 121 Å². The molecule has 0 amide bonds. The zero-order chi connectivity index (χ0) is 22.5. The van der Waals surface area contributed by atoms with Crippen molar-refractivity contribution < 1.29 is 0 Å². The van der Waals surface area contributed by atoms with Crippen molar-refractivity contribution in [2.75, 3.05) is 12.5 Å². The van der Waals surface area contributed by atoms with E-state index in [-0.39, 0.29) is 0 Å². The molecule has 6 heteroatoms. The summed E-state index contributed by atoms with van der Waals surface area (Å²) < 4.78 is 0.833. The van der Waals surface area contributed by atoms with E-state index in [4.69, 9.17) is 0 Å². The minimum absolute atomic E-state index is 0.452. The van der Waals surface area contributed by atoms with Crippen LogP contribution < -0.4 is 0 Å². The van der Waals surface area contributed by atoms with Crippen molar-refractivity contribution in [2.24, 2.45) is 0 Å². The molecule has 0 aliphatic carbocycles. The predicted molar refractivity (Wildman–Crippen MR) is 148 cm³/mol. The Balaban J connectivity index is 7.76. The van der Waals surface area contributed by atoms with Crippen molar-refractivity contribution in [1.82, 2.24) is 0 Å². The van der Waals surface area contributed by atoms with E-state index in [9.17, 15) is 0 Å². The van der Waals surface area contributed by atoms with E-state index in [0.717, 1.165) is 4.21 Å². The lowest BCUT2D eigenvalue weighted by Crippen LogP contribution is -2.93. The summed E-state index contributed by atoms with van der Waals surface area (Å²) in [6.45, 7) is 38.7. The van der Waals surface area contributed by atoms with Crippen molar-refractivity contribution in [1.29, 1.82) is 0 Å². The highest BCUT2D eigenvalue weighted by Crippen LogP contribution is 2.62. The molecule has 0 saturated carbocycles. The topological polar surface area (TPSA) is 0 Å². The molecule has 0 aliphatic rings. The summed E-state index contributed by atoms with van der Waals surface area (Å²) in [6.07, 6.45) is 4.85. The standard InChI is InChI=1S/C21H52S2Si4/c1-19(2,3)24(12,13)27(18(22-10)23-11,25(14,15)20(4,5)6)26(16,17)21(7,8)9/h18H,1-17H3. The Kier molecular flexibility index (Phi) is 8.73. The van der Waals surface area contributed by atoms with E-state index in [1.807, 2.05) is 0 Å². The summed E-state index contributed by atoms with van der Waals surface area (Å²) >= 11 is 4.47. The third-order valence-electron chi connectivity index (χ3n) is 9.36. The van der Waals surface area contributed by atoms with Gasteiger partial charge in [-0.15, -0.1) is 0 Å². The van der Waals surface area contributed by atoms with Crippen LogP contribution in [0.1, 0.15) is 62.3 Å². The third-order valence-corrected chi connectivity index (χ3v) is 97.4. The highest BCUT2D eigenvalue weighted by molar-refractivity contribution is 8.23. The van der Waals surface area contributed by atoms with Gasteiger partial charge in [-0.1, -0.05) is 102 Å². The van der Waals surface area contributed by atoms with Crippen LogP contribution in [0.15, 0.2) is 0 Å². The first-order valence-corrected chi connectivity index (χ1v) is 27.2. The van der Waals surface area contributed by atoms with Gasteiger partial charge in [0.25, 0.3) is 0 Å². The zero-order valence-electron chi connectivity index (χ0n) is 21.9. The van der Waals surface area contributed by atoms with Gasteiger partial charge in [-0.05, 0) is 27.6 Å². The lowest BCUT2D eigenvalue weighted by molar-refractivity contribution is 0.718. The Morgan fingerprint density at radius 1 is 0.481 bits per heavy atom. The van der Waals surface area contributed by atoms with Gasteiger partial charge >= 0.3 is 0 Å². The molecule has 0 unspecified atom stereocenters. The molecule has 0 spiro atoms. The summed E-state index contributed by atoms with van der Waals surface area (Å²) in [5.41, 5.74) is 0. The second-order valence-electron chi connectivity index (χ2n) is 13.2. The molecule has 0 N–H and O–H groups in total.